The Hall–Kier alpha value is -3.49. The summed E-state index contributed by atoms with van der Waals surface area (Å²) in [6.45, 7) is 1.08. The second-order valence-corrected chi connectivity index (χ2v) is 6.58. The molecule has 7 nitrogen and oxygen atoms in total. The summed E-state index contributed by atoms with van der Waals surface area (Å²) < 4.78 is 31.8. The fraction of sp³-hybridized carbons (Fsp3) is 0.250. The molecule has 29 heavy (non-hydrogen) atoms. The van der Waals surface area contributed by atoms with Gasteiger partial charge >= 0.3 is 6.03 Å². The lowest BCUT2D eigenvalue weighted by Gasteiger charge is -2.22. The van der Waals surface area contributed by atoms with Crippen LogP contribution in [0.5, 0.6) is 5.75 Å². The normalized spacial score (nSPS) is 18.5. The van der Waals surface area contributed by atoms with Gasteiger partial charge in [0.15, 0.2) is 11.6 Å². The number of carbonyl (C=O) groups is 3. The van der Waals surface area contributed by atoms with E-state index in [4.69, 9.17) is 4.74 Å². The molecule has 1 heterocycles. The molecule has 1 saturated heterocycles. The zero-order chi connectivity index (χ0) is 21.0. The van der Waals surface area contributed by atoms with E-state index in [-0.39, 0.29) is 18.9 Å². The molecule has 3 rings (SSSR count). The maximum atomic E-state index is 13.4. The largest absolute Gasteiger partial charge is 0.489 e. The standard InChI is InChI=1S/C20H19F2N3O4/c1-20(13-6-8-14(21)9-7-13)18(27)25(19(28)24-20)12-17(26)23-10-11-29-16-5-3-2-4-15(16)22/h2-9H,10-12H2,1H3,(H,23,26)(H,24,28)/t20-/m1/s1. The summed E-state index contributed by atoms with van der Waals surface area (Å²) >= 11 is 0. The van der Waals surface area contributed by atoms with Crippen molar-refractivity contribution in [3.63, 3.8) is 0 Å². The molecule has 9 heteroatoms. The third-order valence-corrected chi connectivity index (χ3v) is 4.52. The number of nitrogens with one attached hydrogen (secondary N) is 2. The average molecular weight is 403 g/mol. The maximum absolute atomic E-state index is 13.4. The van der Waals surface area contributed by atoms with Gasteiger partial charge in [-0.3, -0.25) is 14.5 Å². The molecule has 0 unspecified atom stereocenters. The Bertz CT molecular complexity index is 936. The highest BCUT2D eigenvalue weighted by atomic mass is 19.1. The second-order valence-electron chi connectivity index (χ2n) is 6.58. The highest BCUT2D eigenvalue weighted by Crippen LogP contribution is 2.28. The average Bonchev–Trinajstić information content (AvgIpc) is 2.91. The van der Waals surface area contributed by atoms with Crippen molar-refractivity contribution in [2.24, 2.45) is 0 Å². The molecule has 0 saturated carbocycles. The molecular weight excluding hydrogens is 384 g/mol. The monoisotopic (exact) mass is 403 g/mol. The van der Waals surface area contributed by atoms with Crippen LogP contribution >= 0.6 is 0 Å². The molecule has 0 aliphatic carbocycles. The van der Waals surface area contributed by atoms with Crippen LogP contribution in [-0.4, -0.2) is 42.4 Å². The lowest BCUT2D eigenvalue weighted by molar-refractivity contribution is -0.134. The van der Waals surface area contributed by atoms with E-state index in [0.717, 1.165) is 4.90 Å². The smallest absolute Gasteiger partial charge is 0.325 e. The van der Waals surface area contributed by atoms with E-state index in [1.54, 1.807) is 6.07 Å². The number of benzene rings is 2. The molecule has 152 valence electrons. The van der Waals surface area contributed by atoms with Crippen molar-refractivity contribution >= 4 is 17.8 Å². The maximum Gasteiger partial charge on any atom is 0.325 e. The van der Waals surface area contributed by atoms with E-state index in [9.17, 15) is 23.2 Å². The van der Waals surface area contributed by atoms with Gasteiger partial charge in [0.25, 0.3) is 5.91 Å². The van der Waals surface area contributed by atoms with Crippen LogP contribution in [0.4, 0.5) is 13.6 Å². The summed E-state index contributed by atoms with van der Waals surface area (Å²) in [5, 5.41) is 5.04. The molecule has 2 N–H and O–H groups in total. The molecule has 4 amide bonds. The Morgan fingerprint density at radius 1 is 1.14 bits per heavy atom. The number of urea groups is 1. The summed E-state index contributed by atoms with van der Waals surface area (Å²) in [5.74, 6) is -2.12. The number of para-hydroxylation sites is 1. The SMILES string of the molecule is C[C@]1(c2ccc(F)cc2)NC(=O)N(CC(=O)NCCOc2ccccc2F)C1=O. The van der Waals surface area contributed by atoms with Crippen LogP contribution in [0.2, 0.25) is 0 Å². The summed E-state index contributed by atoms with van der Waals surface area (Å²) in [4.78, 5) is 37.8. The van der Waals surface area contributed by atoms with E-state index < -0.39 is 41.6 Å². The van der Waals surface area contributed by atoms with Crippen molar-refractivity contribution in [1.29, 1.82) is 0 Å². The Labute approximate surface area is 165 Å². The van der Waals surface area contributed by atoms with Gasteiger partial charge in [-0.05, 0) is 36.8 Å². The van der Waals surface area contributed by atoms with Gasteiger partial charge in [0, 0.05) is 0 Å². The summed E-state index contributed by atoms with van der Waals surface area (Å²) in [5.41, 5.74) is -0.989. The molecule has 0 bridgehead atoms. The Morgan fingerprint density at radius 2 is 1.83 bits per heavy atom. The Morgan fingerprint density at radius 3 is 2.52 bits per heavy atom. The fourth-order valence-corrected chi connectivity index (χ4v) is 2.93. The number of carbonyl (C=O) groups excluding carboxylic acids is 3. The van der Waals surface area contributed by atoms with Crippen LogP contribution in [0.1, 0.15) is 12.5 Å². The van der Waals surface area contributed by atoms with Crippen molar-refractivity contribution in [3.8, 4) is 5.75 Å². The molecule has 1 aliphatic heterocycles. The quantitative estimate of drug-likeness (QED) is 0.546. The number of nitrogens with zero attached hydrogens (tertiary/aromatic N) is 1. The molecule has 1 aliphatic rings. The van der Waals surface area contributed by atoms with E-state index in [1.807, 2.05) is 0 Å². The van der Waals surface area contributed by atoms with Crippen LogP contribution in [-0.2, 0) is 15.1 Å². The highest BCUT2D eigenvalue weighted by Gasteiger charge is 2.49. The molecule has 1 atom stereocenters. The van der Waals surface area contributed by atoms with Crippen molar-refractivity contribution in [3.05, 3.63) is 65.7 Å². The first kappa shape index (κ1) is 20.2. The number of halogens is 2. The van der Waals surface area contributed by atoms with E-state index >= 15 is 0 Å². The lowest BCUT2D eigenvalue weighted by atomic mass is 9.92. The van der Waals surface area contributed by atoms with Gasteiger partial charge in [0.05, 0.1) is 6.54 Å². The lowest BCUT2D eigenvalue weighted by Crippen LogP contribution is -2.43. The first-order valence-corrected chi connectivity index (χ1v) is 8.85. The van der Waals surface area contributed by atoms with Crippen LogP contribution < -0.4 is 15.4 Å². The topological polar surface area (TPSA) is 87.7 Å². The van der Waals surface area contributed by atoms with E-state index in [1.165, 1.54) is 49.4 Å². The first-order valence-electron chi connectivity index (χ1n) is 8.85. The van der Waals surface area contributed by atoms with Crippen molar-refractivity contribution in [2.75, 3.05) is 19.7 Å². The predicted octanol–water partition coefficient (Wildman–Crippen LogP) is 1.93. The molecule has 0 radical (unpaired) electrons. The molecule has 2 aromatic carbocycles. The predicted molar refractivity (Wildman–Crippen MR) is 98.9 cm³/mol. The third-order valence-electron chi connectivity index (χ3n) is 4.52. The van der Waals surface area contributed by atoms with Crippen molar-refractivity contribution in [1.82, 2.24) is 15.5 Å². The van der Waals surface area contributed by atoms with Crippen LogP contribution in [0, 0.1) is 11.6 Å². The minimum absolute atomic E-state index is 0.0140. The van der Waals surface area contributed by atoms with Gasteiger partial charge in [-0.2, -0.15) is 0 Å². The summed E-state index contributed by atoms with van der Waals surface area (Å²) in [6.07, 6.45) is 0. The van der Waals surface area contributed by atoms with E-state index in [0.29, 0.717) is 5.56 Å². The van der Waals surface area contributed by atoms with Gasteiger partial charge in [0.2, 0.25) is 5.91 Å². The zero-order valence-corrected chi connectivity index (χ0v) is 15.6. The Kier molecular flexibility index (Phi) is 5.76. The fourth-order valence-electron chi connectivity index (χ4n) is 2.93. The minimum atomic E-state index is -1.39. The summed E-state index contributed by atoms with van der Waals surface area (Å²) in [6, 6.07) is 10.3. The zero-order valence-electron chi connectivity index (χ0n) is 15.6. The summed E-state index contributed by atoms with van der Waals surface area (Å²) in [7, 11) is 0. The Balaban J connectivity index is 1.53. The molecule has 0 aromatic heterocycles. The van der Waals surface area contributed by atoms with Gasteiger partial charge < -0.3 is 15.4 Å². The number of hydrogen-bond donors (Lipinski definition) is 2. The number of amides is 4. The number of ether oxygens (including phenoxy) is 1. The highest BCUT2D eigenvalue weighted by molar-refractivity contribution is 6.09. The second kappa shape index (κ2) is 8.26. The number of hydrogen-bond acceptors (Lipinski definition) is 4. The van der Waals surface area contributed by atoms with Crippen LogP contribution in [0.15, 0.2) is 48.5 Å². The molecular formula is C20H19F2N3O4. The van der Waals surface area contributed by atoms with Crippen LogP contribution in [0.25, 0.3) is 0 Å². The number of imide groups is 1. The van der Waals surface area contributed by atoms with Crippen LogP contribution in [0.3, 0.4) is 0 Å². The number of rotatable bonds is 7. The van der Waals surface area contributed by atoms with Crippen molar-refractivity contribution in [2.45, 2.75) is 12.5 Å². The minimum Gasteiger partial charge on any atom is -0.489 e. The molecule has 0 spiro atoms. The van der Waals surface area contributed by atoms with Gasteiger partial charge in [-0.1, -0.05) is 24.3 Å². The first-order chi connectivity index (χ1) is 13.8. The van der Waals surface area contributed by atoms with Gasteiger partial charge in [-0.15, -0.1) is 0 Å². The third kappa shape index (κ3) is 4.34. The molecule has 1 fully saturated rings. The molecule has 2 aromatic rings. The van der Waals surface area contributed by atoms with E-state index in [2.05, 4.69) is 10.6 Å². The van der Waals surface area contributed by atoms with Gasteiger partial charge in [-0.25, -0.2) is 13.6 Å². The van der Waals surface area contributed by atoms with Gasteiger partial charge in [0.1, 0.15) is 24.5 Å². The van der Waals surface area contributed by atoms with Crippen molar-refractivity contribution < 1.29 is 27.9 Å².